The molecule has 0 radical (unpaired) electrons. The highest BCUT2D eigenvalue weighted by Crippen LogP contribution is 2.24. The molecule has 106 valence electrons. The molecule has 1 unspecified atom stereocenters. The fourth-order valence-electron chi connectivity index (χ4n) is 2.19. The summed E-state index contributed by atoms with van der Waals surface area (Å²) in [5, 5.41) is 3.63. The molecule has 2 aromatic rings. The fraction of sp³-hybridized carbons (Fsp3) is 0.294. The average molecular weight is 397 g/mol. The van der Waals surface area contributed by atoms with E-state index in [1.54, 1.807) is 0 Å². The maximum Gasteiger partial charge on any atom is 0.0320 e. The Balaban J connectivity index is 2.03. The van der Waals surface area contributed by atoms with Crippen molar-refractivity contribution in [1.29, 1.82) is 0 Å². The smallest absolute Gasteiger partial charge is 0.0320 e. The fourth-order valence-corrected chi connectivity index (χ4v) is 2.86. The van der Waals surface area contributed by atoms with E-state index in [-0.39, 0.29) is 0 Å². The minimum Gasteiger partial charge on any atom is -0.306 e. The predicted octanol–water partition coefficient (Wildman–Crippen LogP) is 5.76. The lowest BCUT2D eigenvalue weighted by atomic mass is 10.0. The monoisotopic (exact) mass is 395 g/mol. The third kappa shape index (κ3) is 4.18. The van der Waals surface area contributed by atoms with Gasteiger partial charge in [-0.3, -0.25) is 0 Å². The Morgan fingerprint density at radius 2 is 1.70 bits per heavy atom. The molecule has 0 spiro atoms. The highest BCUT2D eigenvalue weighted by Gasteiger charge is 2.08. The van der Waals surface area contributed by atoms with Crippen molar-refractivity contribution in [2.24, 2.45) is 0 Å². The van der Waals surface area contributed by atoms with E-state index in [9.17, 15) is 0 Å². The summed E-state index contributed by atoms with van der Waals surface area (Å²) >= 11 is 7.05. The van der Waals surface area contributed by atoms with E-state index >= 15 is 0 Å². The Bertz CT molecular complexity index is 564. The van der Waals surface area contributed by atoms with Gasteiger partial charge in [0.05, 0.1) is 0 Å². The summed E-state index contributed by atoms with van der Waals surface area (Å²) in [6.45, 7) is 5.21. The molecule has 20 heavy (non-hydrogen) atoms. The van der Waals surface area contributed by atoms with E-state index in [1.807, 2.05) is 0 Å². The SMILES string of the molecule is CCC(NCc1ccc(Br)c(Br)c1)c1ccc(C)cc1. The predicted molar refractivity (Wildman–Crippen MR) is 92.9 cm³/mol. The number of halogens is 2. The summed E-state index contributed by atoms with van der Waals surface area (Å²) in [6, 6.07) is 15.6. The van der Waals surface area contributed by atoms with Crippen LogP contribution in [0.5, 0.6) is 0 Å². The van der Waals surface area contributed by atoms with Gasteiger partial charge in [-0.25, -0.2) is 0 Å². The molecule has 0 heterocycles. The van der Waals surface area contributed by atoms with Gasteiger partial charge in [-0.15, -0.1) is 0 Å². The molecule has 0 aromatic heterocycles. The third-order valence-electron chi connectivity index (χ3n) is 3.42. The Hall–Kier alpha value is -0.640. The molecule has 0 saturated carbocycles. The molecule has 0 aliphatic rings. The standard InChI is InChI=1S/C17H19Br2N/c1-3-17(14-7-4-12(2)5-8-14)20-11-13-6-9-15(18)16(19)10-13/h4-10,17,20H,3,11H2,1-2H3. The van der Waals surface area contributed by atoms with E-state index in [1.165, 1.54) is 16.7 Å². The molecule has 0 aliphatic carbocycles. The second-order valence-corrected chi connectivity index (χ2v) is 6.71. The van der Waals surface area contributed by atoms with Gasteiger partial charge in [-0.05, 0) is 68.5 Å². The average Bonchev–Trinajstić information content (AvgIpc) is 2.45. The minimum atomic E-state index is 0.401. The normalized spacial score (nSPS) is 12.4. The van der Waals surface area contributed by atoms with Crippen LogP contribution in [-0.2, 0) is 6.54 Å². The number of hydrogen-bond donors (Lipinski definition) is 1. The lowest BCUT2D eigenvalue weighted by Crippen LogP contribution is -2.20. The number of rotatable bonds is 5. The van der Waals surface area contributed by atoms with Gasteiger partial charge in [0.1, 0.15) is 0 Å². The van der Waals surface area contributed by atoms with Crippen molar-refractivity contribution in [1.82, 2.24) is 5.32 Å². The molecular weight excluding hydrogens is 378 g/mol. The zero-order valence-electron chi connectivity index (χ0n) is 11.8. The zero-order valence-corrected chi connectivity index (χ0v) is 15.0. The van der Waals surface area contributed by atoms with Gasteiger partial charge in [-0.2, -0.15) is 0 Å². The first kappa shape index (κ1) is 15.7. The van der Waals surface area contributed by atoms with Crippen LogP contribution >= 0.6 is 31.9 Å². The Labute approximate surface area is 138 Å². The summed E-state index contributed by atoms with van der Waals surface area (Å²) in [4.78, 5) is 0. The van der Waals surface area contributed by atoms with Crippen LogP contribution in [0.4, 0.5) is 0 Å². The lowest BCUT2D eigenvalue weighted by molar-refractivity contribution is 0.519. The van der Waals surface area contributed by atoms with Crippen molar-refractivity contribution in [3.05, 3.63) is 68.1 Å². The molecule has 2 aromatic carbocycles. The van der Waals surface area contributed by atoms with Crippen molar-refractivity contribution in [2.75, 3.05) is 0 Å². The number of benzene rings is 2. The summed E-state index contributed by atoms with van der Waals surface area (Å²) in [7, 11) is 0. The topological polar surface area (TPSA) is 12.0 Å². The first-order valence-corrected chi connectivity index (χ1v) is 8.42. The Morgan fingerprint density at radius 3 is 2.30 bits per heavy atom. The van der Waals surface area contributed by atoms with Crippen molar-refractivity contribution in [3.63, 3.8) is 0 Å². The van der Waals surface area contributed by atoms with Crippen molar-refractivity contribution < 1.29 is 0 Å². The first-order valence-electron chi connectivity index (χ1n) is 6.84. The molecule has 0 bridgehead atoms. The van der Waals surface area contributed by atoms with E-state index < -0.39 is 0 Å². The number of aryl methyl sites for hydroxylation is 1. The molecular formula is C17H19Br2N. The van der Waals surface area contributed by atoms with Gasteiger partial charge < -0.3 is 5.32 Å². The van der Waals surface area contributed by atoms with E-state index in [0.29, 0.717) is 6.04 Å². The molecule has 0 saturated heterocycles. The van der Waals surface area contributed by atoms with E-state index in [4.69, 9.17) is 0 Å². The molecule has 1 N–H and O–H groups in total. The number of nitrogens with one attached hydrogen (secondary N) is 1. The Kier molecular flexibility index (Phi) is 5.82. The van der Waals surface area contributed by atoms with Crippen LogP contribution < -0.4 is 5.32 Å². The van der Waals surface area contributed by atoms with Gasteiger partial charge in [-0.1, -0.05) is 42.8 Å². The molecule has 2 rings (SSSR count). The van der Waals surface area contributed by atoms with Crippen molar-refractivity contribution in [2.45, 2.75) is 32.9 Å². The Morgan fingerprint density at radius 1 is 1.00 bits per heavy atom. The lowest BCUT2D eigenvalue weighted by Gasteiger charge is -2.18. The molecule has 0 aliphatic heterocycles. The van der Waals surface area contributed by atoms with Crippen LogP contribution in [0.1, 0.15) is 36.1 Å². The van der Waals surface area contributed by atoms with Gasteiger partial charge >= 0.3 is 0 Å². The summed E-state index contributed by atoms with van der Waals surface area (Å²) < 4.78 is 2.19. The largest absolute Gasteiger partial charge is 0.306 e. The quantitative estimate of drug-likeness (QED) is 0.677. The first-order chi connectivity index (χ1) is 9.60. The second-order valence-electron chi connectivity index (χ2n) is 5.00. The van der Waals surface area contributed by atoms with Crippen LogP contribution in [0.2, 0.25) is 0 Å². The van der Waals surface area contributed by atoms with Crippen LogP contribution in [0, 0.1) is 6.92 Å². The maximum atomic E-state index is 3.63. The molecule has 0 fully saturated rings. The maximum absolute atomic E-state index is 3.63. The summed E-state index contributed by atoms with van der Waals surface area (Å²) in [5.41, 5.74) is 3.94. The summed E-state index contributed by atoms with van der Waals surface area (Å²) in [6.07, 6.45) is 1.08. The van der Waals surface area contributed by atoms with Gasteiger partial charge in [0, 0.05) is 21.5 Å². The van der Waals surface area contributed by atoms with Gasteiger partial charge in [0.15, 0.2) is 0 Å². The van der Waals surface area contributed by atoms with Crippen LogP contribution in [-0.4, -0.2) is 0 Å². The highest BCUT2D eigenvalue weighted by atomic mass is 79.9. The number of hydrogen-bond acceptors (Lipinski definition) is 1. The third-order valence-corrected chi connectivity index (χ3v) is 5.30. The van der Waals surface area contributed by atoms with Gasteiger partial charge in [0.25, 0.3) is 0 Å². The highest BCUT2D eigenvalue weighted by molar-refractivity contribution is 9.13. The van der Waals surface area contributed by atoms with Crippen LogP contribution in [0.25, 0.3) is 0 Å². The van der Waals surface area contributed by atoms with E-state index in [2.05, 4.69) is 93.5 Å². The van der Waals surface area contributed by atoms with Gasteiger partial charge in [0.2, 0.25) is 0 Å². The molecule has 1 nitrogen and oxygen atoms in total. The van der Waals surface area contributed by atoms with Crippen LogP contribution in [0.15, 0.2) is 51.4 Å². The minimum absolute atomic E-state index is 0.401. The van der Waals surface area contributed by atoms with Crippen molar-refractivity contribution in [3.8, 4) is 0 Å². The molecule has 1 atom stereocenters. The van der Waals surface area contributed by atoms with Crippen LogP contribution in [0.3, 0.4) is 0 Å². The second kappa shape index (κ2) is 7.39. The van der Waals surface area contributed by atoms with E-state index in [0.717, 1.165) is 21.9 Å². The molecule has 0 amide bonds. The van der Waals surface area contributed by atoms with Crippen molar-refractivity contribution >= 4 is 31.9 Å². The molecule has 3 heteroatoms. The zero-order chi connectivity index (χ0) is 14.5. The summed E-state index contributed by atoms with van der Waals surface area (Å²) in [5.74, 6) is 0.